The molecule has 0 fully saturated rings. The van der Waals surface area contributed by atoms with Crippen molar-refractivity contribution in [2.75, 3.05) is 17.7 Å². The van der Waals surface area contributed by atoms with Gasteiger partial charge in [-0.15, -0.1) is 0 Å². The molecule has 2 rings (SSSR count). The molecule has 0 saturated heterocycles. The molecule has 0 heterocycles. The number of hydrogen-bond acceptors (Lipinski definition) is 4. The van der Waals surface area contributed by atoms with Gasteiger partial charge in [0.1, 0.15) is 11.8 Å². The molecule has 0 radical (unpaired) electrons. The Morgan fingerprint density at radius 3 is 2.35 bits per heavy atom. The summed E-state index contributed by atoms with van der Waals surface area (Å²) in [5.74, 6) is -0.0918. The average molecular weight is 313 g/mol. The van der Waals surface area contributed by atoms with Crippen LogP contribution in [0.4, 0.5) is 11.4 Å². The van der Waals surface area contributed by atoms with Crippen molar-refractivity contribution in [2.24, 2.45) is 5.73 Å². The topological polar surface area (TPSA) is 93.4 Å². The van der Waals surface area contributed by atoms with Crippen LogP contribution in [0.1, 0.15) is 17.3 Å². The van der Waals surface area contributed by atoms with Gasteiger partial charge >= 0.3 is 0 Å². The molecule has 2 aromatic carbocycles. The van der Waals surface area contributed by atoms with Crippen LogP contribution in [-0.2, 0) is 4.79 Å². The fraction of sp³-hybridized carbons (Fsp3) is 0.176. The Balaban J connectivity index is 2.01. The van der Waals surface area contributed by atoms with E-state index >= 15 is 0 Å². The van der Waals surface area contributed by atoms with Gasteiger partial charge in [-0.1, -0.05) is 12.1 Å². The van der Waals surface area contributed by atoms with Crippen LogP contribution in [0.2, 0.25) is 0 Å². The number of methoxy groups -OCH3 is 1. The lowest BCUT2D eigenvalue weighted by Gasteiger charge is -2.16. The van der Waals surface area contributed by atoms with E-state index in [0.717, 1.165) is 5.69 Å². The van der Waals surface area contributed by atoms with Gasteiger partial charge in [-0.2, -0.15) is 0 Å². The number of amides is 2. The molecule has 1 atom stereocenters. The molecule has 6 heteroatoms. The summed E-state index contributed by atoms with van der Waals surface area (Å²) in [5.41, 5.74) is 6.94. The van der Waals surface area contributed by atoms with Crippen molar-refractivity contribution >= 4 is 23.2 Å². The van der Waals surface area contributed by atoms with E-state index in [1.165, 1.54) is 0 Å². The van der Waals surface area contributed by atoms with Crippen LogP contribution in [-0.4, -0.2) is 25.0 Å². The number of nitrogens with one attached hydrogen (secondary N) is 2. The Hall–Kier alpha value is -3.02. The van der Waals surface area contributed by atoms with Gasteiger partial charge < -0.3 is 21.1 Å². The van der Waals surface area contributed by atoms with Crippen molar-refractivity contribution in [1.29, 1.82) is 0 Å². The Labute approximate surface area is 134 Å². The third-order valence-electron chi connectivity index (χ3n) is 3.31. The summed E-state index contributed by atoms with van der Waals surface area (Å²) < 4.78 is 5.20. The highest BCUT2D eigenvalue weighted by Crippen LogP contribution is 2.23. The first kappa shape index (κ1) is 16.4. The summed E-state index contributed by atoms with van der Waals surface area (Å²) in [6, 6.07) is 13.3. The molecule has 0 aromatic heterocycles. The molecule has 0 aliphatic heterocycles. The van der Waals surface area contributed by atoms with Crippen LogP contribution < -0.4 is 21.1 Å². The summed E-state index contributed by atoms with van der Waals surface area (Å²) >= 11 is 0. The number of nitrogens with two attached hydrogens (primary N) is 1. The number of carbonyl (C=O) groups is 2. The number of hydrogen-bond donors (Lipinski definition) is 3. The number of rotatable bonds is 6. The van der Waals surface area contributed by atoms with Crippen LogP contribution >= 0.6 is 0 Å². The van der Waals surface area contributed by atoms with Gasteiger partial charge in [0.15, 0.2) is 0 Å². The first-order valence-corrected chi connectivity index (χ1v) is 7.11. The smallest absolute Gasteiger partial charge is 0.248 e. The normalized spacial score (nSPS) is 11.4. The van der Waals surface area contributed by atoms with Crippen LogP contribution in [0, 0.1) is 0 Å². The molecular weight excluding hydrogens is 294 g/mol. The van der Waals surface area contributed by atoms with Gasteiger partial charge in [-0.05, 0) is 43.3 Å². The van der Waals surface area contributed by atoms with Crippen LogP contribution in [0.5, 0.6) is 5.75 Å². The second kappa shape index (κ2) is 7.31. The Morgan fingerprint density at radius 2 is 1.74 bits per heavy atom. The SMILES string of the molecule is COc1ccccc1NC(=O)[C@@H](C)Nc1ccc(C(N)=O)cc1. The first-order chi connectivity index (χ1) is 11.0. The minimum absolute atomic E-state index is 0.200. The number of para-hydroxylation sites is 2. The third kappa shape index (κ3) is 4.23. The van der Waals surface area contributed by atoms with Gasteiger partial charge in [0.05, 0.1) is 12.8 Å². The minimum atomic E-state index is -0.487. The first-order valence-electron chi connectivity index (χ1n) is 7.11. The van der Waals surface area contributed by atoms with Gasteiger partial charge in [0, 0.05) is 11.3 Å². The number of carbonyl (C=O) groups excluding carboxylic acids is 2. The zero-order chi connectivity index (χ0) is 16.8. The monoisotopic (exact) mass is 313 g/mol. The molecule has 0 aliphatic carbocycles. The van der Waals surface area contributed by atoms with E-state index in [9.17, 15) is 9.59 Å². The predicted octanol–water partition coefficient (Wildman–Crippen LogP) is 2.23. The molecule has 120 valence electrons. The fourth-order valence-electron chi connectivity index (χ4n) is 2.04. The molecule has 0 aliphatic rings. The highest BCUT2D eigenvalue weighted by atomic mass is 16.5. The van der Waals surface area contributed by atoms with Gasteiger partial charge in [0.2, 0.25) is 11.8 Å². The summed E-state index contributed by atoms with van der Waals surface area (Å²) in [6.07, 6.45) is 0. The fourth-order valence-corrected chi connectivity index (χ4v) is 2.04. The third-order valence-corrected chi connectivity index (χ3v) is 3.31. The van der Waals surface area contributed by atoms with Gasteiger partial charge in [-0.3, -0.25) is 9.59 Å². The Morgan fingerprint density at radius 1 is 1.09 bits per heavy atom. The molecule has 4 N–H and O–H groups in total. The van der Waals surface area contributed by atoms with Gasteiger partial charge in [0.25, 0.3) is 0 Å². The van der Waals surface area contributed by atoms with E-state index in [4.69, 9.17) is 10.5 Å². The Bertz CT molecular complexity index is 698. The van der Waals surface area contributed by atoms with Crippen LogP contribution in [0.3, 0.4) is 0 Å². The van der Waals surface area contributed by atoms with Crippen LogP contribution in [0.25, 0.3) is 0 Å². The molecule has 0 spiro atoms. The van der Waals surface area contributed by atoms with E-state index in [1.54, 1.807) is 50.4 Å². The number of ether oxygens (including phenoxy) is 1. The maximum Gasteiger partial charge on any atom is 0.248 e. The van der Waals surface area contributed by atoms with Crippen molar-refractivity contribution < 1.29 is 14.3 Å². The van der Waals surface area contributed by atoms with Crippen molar-refractivity contribution in [2.45, 2.75) is 13.0 Å². The van der Waals surface area contributed by atoms with Gasteiger partial charge in [-0.25, -0.2) is 0 Å². The largest absolute Gasteiger partial charge is 0.495 e. The van der Waals surface area contributed by atoms with Crippen LogP contribution in [0.15, 0.2) is 48.5 Å². The zero-order valence-corrected chi connectivity index (χ0v) is 13.0. The maximum absolute atomic E-state index is 12.3. The molecule has 0 bridgehead atoms. The lowest BCUT2D eigenvalue weighted by molar-refractivity contribution is -0.116. The molecule has 2 aromatic rings. The Kier molecular flexibility index (Phi) is 5.19. The van der Waals surface area contributed by atoms with E-state index in [-0.39, 0.29) is 5.91 Å². The van der Waals surface area contributed by atoms with E-state index in [0.29, 0.717) is 17.0 Å². The molecule has 2 amide bonds. The van der Waals surface area contributed by atoms with Crippen molar-refractivity contribution in [3.63, 3.8) is 0 Å². The predicted molar refractivity (Wildman–Crippen MR) is 89.7 cm³/mol. The lowest BCUT2D eigenvalue weighted by atomic mass is 10.2. The van der Waals surface area contributed by atoms with E-state index in [1.807, 2.05) is 12.1 Å². The van der Waals surface area contributed by atoms with Crippen molar-refractivity contribution in [1.82, 2.24) is 0 Å². The summed E-state index contributed by atoms with van der Waals surface area (Å²) in [7, 11) is 1.55. The highest BCUT2D eigenvalue weighted by molar-refractivity contribution is 5.97. The second-order valence-electron chi connectivity index (χ2n) is 5.00. The number of benzene rings is 2. The quantitative estimate of drug-likeness (QED) is 0.762. The maximum atomic E-state index is 12.3. The summed E-state index contributed by atoms with van der Waals surface area (Å²) in [6.45, 7) is 1.74. The van der Waals surface area contributed by atoms with E-state index < -0.39 is 11.9 Å². The number of anilines is 2. The molecule has 0 saturated carbocycles. The summed E-state index contributed by atoms with van der Waals surface area (Å²) in [4.78, 5) is 23.3. The zero-order valence-electron chi connectivity index (χ0n) is 13.0. The standard InChI is InChI=1S/C17H19N3O3/c1-11(19-13-9-7-12(8-10-13)16(18)21)17(22)20-14-5-3-4-6-15(14)23-2/h3-11,19H,1-2H3,(H2,18,21)(H,20,22)/t11-/m1/s1. The molecule has 23 heavy (non-hydrogen) atoms. The molecular formula is C17H19N3O3. The lowest BCUT2D eigenvalue weighted by Crippen LogP contribution is -2.32. The molecule has 0 unspecified atom stereocenters. The summed E-state index contributed by atoms with van der Waals surface area (Å²) in [5, 5.41) is 5.87. The average Bonchev–Trinajstić information content (AvgIpc) is 2.55. The van der Waals surface area contributed by atoms with Crippen molar-refractivity contribution in [3.8, 4) is 5.75 Å². The van der Waals surface area contributed by atoms with Crippen molar-refractivity contribution in [3.05, 3.63) is 54.1 Å². The molecule has 6 nitrogen and oxygen atoms in total. The van der Waals surface area contributed by atoms with E-state index in [2.05, 4.69) is 10.6 Å². The second-order valence-corrected chi connectivity index (χ2v) is 5.00. The minimum Gasteiger partial charge on any atom is -0.495 e. The highest BCUT2D eigenvalue weighted by Gasteiger charge is 2.14. The number of primary amides is 1.